The normalized spacial score (nSPS) is 22.1. The molecule has 1 aliphatic rings. The third-order valence-electron chi connectivity index (χ3n) is 4.01. The minimum Gasteiger partial charge on any atom is -0.409 e. The van der Waals surface area contributed by atoms with Gasteiger partial charge in [-0.1, -0.05) is 19.0 Å². The fourth-order valence-electron chi connectivity index (χ4n) is 2.27. The van der Waals surface area contributed by atoms with Crippen LogP contribution in [0.1, 0.15) is 46.5 Å². The van der Waals surface area contributed by atoms with E-state index in [2.05, 4.69) is 10.1 Å². The van der Waals surface area contributed by atoms with E-state index in [1.165, 1.54) is 0 Å². The van der Waals surface area contributed by atoms with Crippen LogP contribution in [0.25, 0.3) is 0 Å². The van der Waals surface area contributed by atoms with Crippen molar-refractivity contribution in [1.29, 1.82) is 0 Å². The van der Waals surface area contributed by atoms with Crippen LogP contribution in [0.2, 0.25) is 0 Å². The van der Waals surface area contributed by atoms with Crippen molar-refractivity contribution < 1.29 is 10.3 Å². The van der Waals surface area contributed by atoms with Crippen LogP contribution in [0.4, 0.5) is 0 Å². The lowest BCUT2D eigenvalue weighted by Crippen LogP contribution is -2.43. The minimum absolute atomic E-state index is 0.254. The Bertz CT molecular complexity index is 291. The van der Waals surface area contributed by atoms with E-state index in [4.69, 9.17) is 10.9 Å². The highest BCUT2D eigenvalue weighted by atomic mass is 16.4. The van der Waals surface area contributed by atoms with Crippen molar-refractivity contribution in [3.05, 3.63) is 0 Å². The Kier molecular flexibility index (Phi) is 4.99. The Morgan fingerprint density at radius 3 is 2.44 bits per heavy atom. The number of nitrogens with two attached hydrogens (primary N) is 1. The van der Waals surface area contributed by atoms with Gasteiger partial charge in [-0.25, -0.2) is 0 Å². The molecular weight excluding hydrogens is 230 g/mol. The Hall–Kier alpha value is -0.810. The van der Waals surface area contributed by atoms with Crippen LogP contribution in [-0.4, -0.2) is 46.3 Å². The van der Waals surface area contributed by atoms with Crippen molar-refractivity contribution in [2.75, 3.05) is 19.6 Å². The summed E-state index contributed by atoms with van der Waals surface area (Å²) >= 11 is 0. The monoisotopic (exact) mass is 257 g/mol. The molecule has 0 saturated carbocycles. The summed E-state index contributed by atoms with van der Waals surface area (Å²) in [5.74, 6) is 0.295. The second-order valence-electron chi connectivity index (χ2n) is 6.31. The van der Waals surface area contributed by atoms with Gasteiger partial charge in [0.05, 0.1) is 5.60 Å². The predicted molar refractivity (Wildman–Crippen MR) is 72.7 cm³/mol. The van der Waals surface area contributed by atoms with Gasteiger partial charge in [0.1, 0.15) is 5.84 Å². The SMILES string of the molecule is CC1(O)CCN(CCCC(C)(C)C(N)=NO)CC1. The third-order valence-corrected chi connectivity index (χ3v) is 4.01. The number of aliphatic hydroxyl groups is 1. The van der Waals surface area contributed by atoms with E-state index in [1.54, 1.807) is 0 Å². The van der Waals surface area contributed by atoms with E-state index in [0.29, 0.717) is 5.84 Å². The van der Waals surface area contributed by atoms with Crippen molar-refractivity contribution in [2.24, 2.45) is 16.3 Å². The van der Waals surface area contributed by atoms with E-state index in [9.17, 15) is 5.11 Å². The van der Waals surface area contributed by atoms with Gasteiger partial charge in [0.25, 0.3) is 0 Å². The van der Waals surface area contributed by atoms with Crippen LogP contribution in [0.15, 0.2) is 5.16 Å². The van der Waals surface area contributed by atoms with Crippen LogP contribution in [0.5, 0.6) is 0 Å². The second-order valence-corrected chi connectivity index (χ2v) is 6.31. The molecule has 106 valence electrons. The number of hydrogen-bond acceptors (Lipinski definition) is 4. The van der Waals surface area contributed by atoms with Gasteiger partial charge in [-0.15, -0.1) is 0 Å². The average molecular weight is 257 g/mol. The van der Waals surface area contributed by atoms with Crippen LogP contribution in [-0.2, 0) is 0 Å². The molecular formula is C13H27N3O2. The number of piperidine rings is 1. The quantitative estimate of drug-likeness (QED) is 0.301. The number of likely N-dealkylation sites (tertiary alicyclic amines) is 1. The first-order valence-electron chi connectivity index (χ1n) is 6.70. The Labute approximate surface area is 110 Å². The van der Waals surface area contributed by atoms with Gasteiger partial charge < -0.3 is 20.9 Å². The van der Waals surface area contributed by atoms with Crippen molar-refractivity contribution in [2.45, 2.75) is 52.1 Å². The van der Waals surface area contributed by atoms with Crippen LogP contribution < -0.4 is 5.73 Å². The lowest BCUT2D eigenvalue weighted by Gasteiger charge is -2.36. The molecule has 0 aromatic carbocycles. The highest BCUT2D eigenvalue weighted by Crippen LogP contribution is 2.24. The molecule has 4 N–H and O–H groups in total. The highest BCUT2D eigenvalue weighted by molar-refractivity contribution is 5.85. The summed E-state index contributed by atoms with van der Waals surface area (Å²) < 4.78 is 0. The Morgan fingerprint density at radius 2 is 1.94 bits per heavy atom. The molecule has 1 aliphatic heterocycles. The van der Waals surface area contributed by atoms with Gasteiger partial charge in [0, 0.05) is 18.5 Å². The molecule has 0 spiro atoms. The molecule has 0 unspecified atom stereocenters. The average Bonchev–Trinajstić information content (AvgIpc) is 2.30. The molecule has 0 amide bonds. The summed E-state index contributed by atoms with van der Waals surface area (Å²) in [4.78, 5) is 2.38. The molecule has 1 saturated heterocycles. The summed E-state index contributed by atoms with van der Waals surface area (Å²) in [6.45, 7) is 8.81. The Balaban J connectivity index is 2.27. The van der Waals surface area contributed by atoms with Crippen LogP contribution >= 0.6 is 0 Å². The molecule has 0 aliphatic carbocycles. The number of nitrogens with zero attached hydrogens (tertiary/aromatic N) is 2. The predicted octanol–water partition coefficient (Wildman–Crippen LogP) is 1.39. The molecule has 18 heavy (non-hydrogen) atoms. The Morgan fingerprint density at radius 1 is 1.39 bits per heavy atom. The summed E-state index contributed by atoms with van der Waals surface area (Å²) in [6.07, 6.45) is 3.61. The lowest BCUT2D eigenvalue weighted by atomic mass is 9.86. The molecule has 1 heterocycles. The first kappa shape index (κ1) is 15.2. The van der Waals surface area contributed by atoms with Gasteiger partial charge in [-0.2, -0.15) is 0 Å². The van der Waals surface area contributed by atoms with Gasteiger partial charge in [-0.05, 0) is 39.2 Å². The van der Waals surface area contributed by atoms with Gasteiger partial charge in [0.15, 0.2) is 0 Å². The fraction of sp³-hybridized carbons (Fsp3) is 0.923. The van der Waals surface area contributed by atoms with Crippen molar-refractivity contribution in [3.8, 4) is 0 Å². The number of rotatable bonds is 5. The maximum atomic E-state index is 9.86. The van der Waals surface area contributed by atoms with E-state index < -0.39 is 5.60 Å². The maximum absolute atomic E-state index is 9.86. The van der Waals surface area contributed by atoms with E-state index in [0.717, 1.165) is 45.3 Å². The second kappa shape index (κ2) is 5.89. The molecule has 0 aromatic rings. The summed E-state index contributed by atoms with van der Waals surface area (Å²) in [5, 5.41) is 21.7. The van der Waals surface area contributed by atoms with E-state index >= 15 is 0 Å². The topological polar surface area (TPSA) is 82.1 Å². The molecule has 5 heteroatoms. The lowest BCUT2D eigenvalue weighted by molar-refractivity contribution is -0.00583. The van der Waals surface area contributed by atoms with Gasteiger partial charge in [-0.3, -0.25) is 0 Å². The zero-order valence-corrected chi connectivity index (χ0v) is 11.8. The fourth-order valence-corrected chi connectivity index (χ4v) is 2.27. The molecule has 1 fully saturated rings. The number of oxime groups is 1. The highest BCUT2D eigenvalue weighted by Gasteiger charge is 2.28. The first-order valence-corrected chi connectivity index (χ1v) is 6.70. The molecule has 1 rings (SSSR count). The molecule has 0 atom stereocenters. The third kappa shape index (κ3) is 4.46. The van der Waals surface area contributed by atoms with Gasteiger partial charge in [0.2, 0.25) is 0 Å². The smallest absolute Gasteiger partial charge is 0.144 e. The standard InChI is InChI=1S/C13H27N3O2/c1-12(2,11(14)15-18)5-4-8-16-9-6-13(3,17)7-10-16/h17-18H,4-10H2,1-3H3,(H2,14,15). The molecule has 0 radical (unpaired) electrons. The van der Waals surface area contributed by atoms with Crippen molar-refractivity contribution in [3.63, 3.8) is 0 Å². The largest absolute Gasteiger partial charge is 0.409 e. The van der Waals surface area contributed by atoms with Gasteiger partial charge >= 0.3 is 0 Å². The van der Waals surface area contributed by atoms with Crippen molar-refractivity contribution in [1.82, 2.24) is 4.90 Å². The number of amidine groups is 1. The zero-order valence-electron chi connectivity index (χ0n) is 11.8. The van der Waals surface area contributed by atoms with Crippen molar-refractivity contribution >= 4 is 5.84 Å². The van der Waals surface area contributed by atoms with Crippen LogP contribution in [0.3, 0.4) is 0 Å². The summed E-state index contributed by atoms with van der Waals surface area (Å²) in [5.41, 5.74) is 4.92. The number of hydrogen-bond donors (Lipinski definition) is 3. The molecule has 5 nitrogen and oxygen atoms in total. The van der Waals surface area contributed by atoms with E-state index in [-0.39, 0.29) is 5.41 Å². The summed E-state index contributed by atoms with van der Waals surface area (Å²) in [7, 11) is 0. The molecule has 0 bridgehead atoms. The first-order chi connectivity index (χ1) is 8.27. The summed E-state index contributed by atoms with van der Waals surface area (Å²) in [6, 6.07) is 0. The maximum Gasteiger partial charge on any atom is 0.144 e. The molecule has 0 aromatic heterocycles. The zero-order chi connectivity index (χ0) is 13.8. The van der Waals surface area contributed by atoms with E-state index in [1.807, 2.05) is 20.8 Å². The van der Waals surface area contributed by atoms with Crippen LogP contribution in [0, 0.1) is 5.41 Å². The minimum atomic E-state index is -0.482.